The highest BCUT2D eigenvalue weighted by Crippen LogP contribution is 2.57. The fourth-order valence-corrected chi connectivity index (χ4v) is 3.37. The van der Waals surface area contributed by atoms with Crippen molar-refractivity contribution < 1.29 is 9.90 Å². The molecule has 0 radical (unpaired) electrons. The van der Waals surface area contributed by atoms with Gasteiger partial charge in [-0.3, -0.25) is 0 Å². The van der Waals surface area contributed by atoms with Gasteiger partial charge in [-0.2, -0.15) is 0 Å². The Morgan fingerprint density at radius 3 is 2.29 bits per heavy atom. The minimum absolute atomic E-state index is 0.257. The molecular weight excluding hydrogens is 212 g/mol. The van der Waals surface area contributed by atoms with E-state index in [1.54, 1.807) is 6.08 Å². The molecule has 2 rings (SSSR count). The molecule has 17 heavy (non-hydrogen) atoms. The Hall–Kier alpha value is -1.05. The second-order valence-corrected chi connectivity index (χ2v) is 6.26. The molecule has 0 aliphatic heterocycles. The minimum Gasteiger partial charge on any atom is -0.478 e. The number of carboxylic acids is 1. The first kappa shape index (κ1) is 12.4. The highest BCUT2D eigenvalue weighted by molar-refractivity contribution is 5.87. The Morgan fingerprint density at radius 1 is 1.18 bits per heavy atom. The molecule has 1 atom stereocenters. The first-order valence-corrected chi connectivity index (χ1v) is 6.50. The van der Waals surface area contributed by atoms with Crippen LogP contribution in [0.4, 0.5) is 0 Å². The molecule has 2 heteroatoms. The number of rotatable bonds is 2. The van der Waals surface area contributed by atoms with E-state index in [2.05, 4.69) is 26.8 Å². The van der Waals surface area contributed by atoms with Crippen LogP contribution in [0.5, 0.6) is 0 Å². The van der Waals surface area contributed by atoms with E-state index in [4.69, 9.17) is 5.11 Å². The molecule has 1 N–H and O–H groups in total. The molecule has 0 saturated heterocycles. The summed E-state index contributed by atoms with van der Waals surface area (Å²) < 4.78 is 0. The molecule has 0 unspecified atom stereocenters. The van der Waals surface area contributed by atoms with Gasteiger partial charge in [0.1, 0.15) is 0 Å². The maximum atomic E-state index is 10.9. The van der Waals surface area contributed by atoms with Crippen molar-refractivity contribution >= 4 is 5.97 Å². The predicted octanol–water partition coefficient (Wildman–Crippen LogP) is 3.93. The number of hydrogen-bond acceptors (Lipinski definition) is 1. The third-order valence-corrected chi connectivity index (χ3v) is 5.11. The molecule has 0 spiro atoms. The van der Waals surface area contributed by atoms with Crippen LogP contribution in [0.2, 0.25) is 0 Å². The van der Waals surface area contributed by atoms with Gasteiger partial charge in [-0.15, -0.1) is 0 Å². The summed E-state index contributed by atoms with van der Waals surface area (Å²) in [6, 6.07) is 0. The second-order valence-electron chi connectivity index (χ2n) is 6.26. The first-order valence-electron chi connectivity index (χ1n) is 6.50. The number of allylic oxidation sites excluding steroid dienone is 3. The smallest absolute Gasteiger partial charge is 0.331 e. The topological polar surface area (TPSA) is 37.3 Å². The van der Waals surface area contributed by atoms with Gasteiger partial charge in [-0.25, -0.2) is 4.79 Å². The molecule has 0 amide bonds. The van der Waals surface area contributed by atoms with Crippen LogP contribution >= 0.6 is 0 Å². The average molecular weight is 234 g/mol. The van der Waals surface area contributed by atoms with Crippen molar-refractivity contribution in [3.05, 3.63) is 23.3 Å². The van der Waals surface area contributed by atoms with Crippen molar-refractivity contribution in [3.8, 4) is 0 Å². The van der Waals surface area contributed by atoms with Gasteiger partial charge in [0.05, 0.1) is 0 Å². The third-order valence-electron chi connectivity index (χ3n) is 5.11. The van der Waals surface area contributed by atoms with Gasteiger partial charge in [0.25, 0.3) is 0 Å². The number of carbonyl (C=O) groups is 1. The van der Waals surface area contributed by atoms with Crippen molar-refractivity contribution in [2.75, 3.05) is 0 Å². The Labute approximate surface area is 103 Å². The van der Waals surface area contributed by atoms with E-state index < -0.39 is 5.97 Å². The summed E-state index contributed by atoms with van der Waals surface area (Å²) in [5.41, 5.74) is 2.60. The van der Waals surface area contributed by atoms with Gasteiger partial charge in [0, 0.05) is 5.57 Å². The molecule has 2 aliphatic rings. The molecular formula is C15H22O2. The standard InChI is InChI=1S/C15H22O2/c1-14(2)9-4-10-15(14,3)12-7-5-11(6-8-12)13(16)17/h5,7H,4,6,8-10H2,1-3H3,(H,16,17)/t15-/m1/s1. The van der Waals surface area contributed by atoms with E-state index in [0.717, 1.165) is 6.42 Å². The molecule has 0 bridgehead atoms. The van der Waals surface area contributed by atoms with E-state index in [1.807, 2.05) is 0 Å². The predicted molar refractivity (Wildman–Crippen MR) is 68.8 cm³/mol. The van der Waals surface area contributed by atoms with Crippen LogP contribution in [-0.2, 0) is 4.79 Å². The van der Waals surface area contributed by atoms with Gasteiger partial charge in [-0.05, 0) is 36.5 Å². The van der Waals surface area contributed by atoms with Crippen LogP contribution in [-0.4, -0.2) is 11.1 Å². The molecule has 1 fully saturated rings. The van der Waals surface area contributed by atoms with Gasteiger partial charge >= 0.3 is 5.97 Å². The van der Waals surface area contributed by atoms with E-state index in [-0.39, 0.29) is 5.41 Å². The zero-order chi connectivity index (χ0) is 12.7. The fraction of sp³-hybridized carbons (Fsp3) is 0.667. The minimum atomic E-state index is -0.767. The van der Waals surface area contributed by atoms with E-state index in [0.29, 0.717) is 17.4 Å². The summed E-state index contributed by atoms with van der Waals surface area (Å²) in [4.78, 5) is 10.9. The second kappa shape index (κ2) is 4.01. The van der Waals surface area contributed by atoms with Gasteiger partial charge in [0.2, 0.25) is 0 Å². The van der Waals surface area contributed by atoms with E-state index in [9.17, 15) is 4.79 Å². The molecule has 0 heterocycles. The molecule has 1 saturated carbocycles. The summed E-state index contributed by atoms with van der Waals surface area (Å²) in [5, 5.41) is 8.96. The Morgan fingerprint density at radius 2 is 1.88 bits per heavy atom. The first-order chi connectivity index (χ1) is 7.87. The van der Waals surface area contributed by atoms with Crippen LogP contribution in [0.15, 0.2) is 23.3 Å². The zero-order valence-corrected chi connectivity index (χ0v) is 11.0. The molecule has 94 valence electrons. The number of carboxylic acid groups (broad SMARTS) is 1. The van der Waals surface area contributed by atoms with Crippen molar-refractivity contribution in [1.82, 2.24) is 0 Å². The summed E-state index contributed by atoms with van der Waals surface area (Å²) in [6.45, 7) is 7.04. The number of hydrogen-bond donors (Lipinski definition) is 1. The lowest BCUT2D eigenvalue weighted by atomic mass is 9.63. The molecule has 0 aromatic carbocycles. The van der Waals surface area contributed by atoms with Crippen molar-refractivity contribution in [2.24, 2.45) is 10.8 Å². The van der Waals surface area contributed by atoms with Crippen molar-refractivity contribution in [3.63, 3.8) is 0 Å². The Balaban J connectivity index is 2.28. The third kappa shape index (κ3) is 1.94. The van der Waals surface area contributed by atoms with Crippen LogP contribution in [0, 0.1) is 10.8 Å². The SMILES string of the molecule is CC1(C)CCC[C@]1(C)C1=CC=C(C(=O)O)CC1. The van der Waals surface area contributed by atoms with E-state index in [1.165, 1.54) is 24.8 Å². The lowest BCUT2D eigenvalue weighted by Gasteiger charge is -2.41. The van der Waals surface area contributed by atoms with Crippen molar-refractivity contribution in [2.45, 2.75) is 52.9 Å². The monoisotopic (exact) mass is 234 g/mol. The maximum absolute atomic E-state index is 10.9. The summed E-state index contributed by atoms with van der Waals surface area (Å²) in [7, 11) is 0. The average Bonchev–Trinajstić information content (AvgIpc) is 2.55. The normalized spacial score (nSPS) is 31.9. The van der Waals surface area contributed by atoms with Gasteiger partial charge in [0.15, 0.2) is 0 Å². The van der Waals surface area contributed by atoms with Crippen LogP contribution < -0.4 is 0 Å². The van der Waals surface area contributed by atoms with Crippen LogP contribution in [0.25, 0.3) is 0 Å². The zero-order valence-electron chi connectivity index (χ0n) is 11.0. The van der Waals surface area contributed by atoms with Crippen molar-refractivity contribution in [1.29, 1.82) is 0 Å². The van der Waals surface area contributed by atoms with Gasteiger partial charge in [-0.1, -0.05) is 44.9 Å². The lowest BCUT2D eigenvalue weighted by molar-refractivity contribution is -0.132. The molecule has 0 aromatic rings. The maximum Gasteiger partial charge on any atom is 0.331 e. The Kier molecular flexibility index (Phi) is 2.92. The van der Waals surface area contributed by atoms with Crippen LogP contribution in [0.1, 0.15) is 52.9 Å². The highest BCUT2D eigenvalue weighted by Gasteiger charge is 2.47. The summed E-state index contributed by atoms with van der Waals surface area (Å²) in [5.74, 6) is -0.767. The largest absolute Gasteiger partial charge is 0.478 e. The summed E-state index contributed by atoms with van der Waals surface area (Å²) in [6.07, 6.45) is 9.28. The fourth-order valence-electron chi connectivity index (χ4n) is 3.37. The van der Waals surface area contributed by atoms with Crippen LogP contribution in [0.3, 0.4) is 0 Å². The molecule has 2 nitrogen and oxygen atoms in total. The summed E-state index contributed by atoms with van der Waals surface area (Å²) >= 11 is 0. The van der Waals surface area contributed by atoms with Gasteiger partial charge < -0.3 is 5.11 Å². The lowest BCUT2D eigenvalue weighted by Crippen LogP contribution is -2.32. The van der Waals surface area contributed by atoms with E-state index >= 15 is 0 Å². The quantitative estimate of drug-likeness (QED) is 0.786. The molecule has 2 aliphatic carbocycles. The number of aliphatic carboxylic acids is 1. The molecule has 0 aromatic heterocycles. The Bertz CT molecular complexity index is 401. The highest BCUT2D eigenvalue weighted by atomic mass is 16.4.